The summed E-state index contributed by atoms with van der Waals surface area (Å²) in [5, 5.41) is 8.93. The predicted octanol–water partition coefficient (Wildman–Crippen LogP) is 3.38. The van der Waals surface area contributed by atoms with Crippen molar-refractivity contribution in [3.63, 3.8) is 0 Å². The van der Waals surface area contributed by atoms with Gasteiger partial charge in [0.15, 0.2) is 18.3 Å². The zero-order valence-corrected chi connectivity index (χ0v) is 14.0. The summed E-state index contributed by atoms with van der Waals surface area (Å²) in [4.78, 5) is 11.3. The van der Waals surface area contributed by atoms with Crippen LogP contribution in [0.15, 0.2) is 47.6 Å². The van der Waals surface area contributed by atoms with Crippen molar-refractivity contribution >= 4 is 52.0 Å². The lowest BCUT2D eigenvalue weighted by Crippen LogP contribution is -2.39. The maximum atomic E-state index is 14.0. The molecule has 1 atom stereocenters. The monoisotopic (exact) mass is 429 g/mol. The van der Waals surface area contributed by atoms with Crippen molar-refractivity contribution in [2.24, 2.45) is 5.10 Å². The van der Waals surface area contributed by atoms with E-state index in [1.165, 1.54) is 17.1 Å². The van der Waals surface area contributed by atoms with Crippen molar-refractivity contribution < 1.29 is 9.18 Å². The van der Waals surface area contributed by atoms with Crippen molar-refractivity contribution in [2.75, 3.05) is 5.01 Å². The van der Waals surface area contributed by atoms with Gasteiger partial charge in [-0.2, -0.15) is 5.10 Å². The first-order chi connectivity index (χ1) is 10.6. The zero-order chi connectivity index (χ0) is 15.7. The van der Waals surface area contributed by atoms with Crippen molar-refractivity contribution in [2.45, 2.75) is 6.17 Å². The van der Waals surface area contributed by atoms with Crippen molar-refractivity contribution in [1.29, 1.82) is 0 Å². The van der Waals surface area contributed by atoms with Gasteiger partial charge >= 0.3 is 0 Å². The molecule has 0 fully saturated rings. The number of halogens is 3. The first-order valence-corrected chi connectivity index (χ1v) is 7.85. The van der Waals surface area contributed by atoms with Crippen molar-refractivity contribution in [1.82, 2.24) is 5.32 Å². The van der Waals surface area contributed by atoms with Crippen LogP contribution >= 0.6 is 34.2 Å². The van der Waals surface area contributed by atoms with Crippen LogP contribution in [0, 0.1) is 9.39 Å². The van der Waals surface area contributed by atoms with E-state index in [2.05, 4.69) is 33.0 Å². The van der Waals surface area contributed by atoms with Gasteiger partial charge in [0.2, 0.25) is 0 Å². The highest BCUT2D eigenvalue weighted by atomic mass is 127. The molecule has 0 amide bonds. The lowest BCUT2D eigenvalue weighted by Gasteiger charge is -2.18. The van der Waals surface area contributed by atoms with Gasteiger partial charge in [-0.1, -0.05) is 17.7 Å². The Balaban J connectivity index is 2.02. The lowest BCUT2D eigenvalue weighted by molar-refractivity contribution is -0.109. The van der Waals surface area contributed by atoms with E-state index in [4.69, 9.17) is 11.6 Å². The summed E-state index contributed by atoms with van der Waals surface area (Å²) in [5.41, 5.74) is 0.886. The molecule has 0 aliphatic carbocycles. The van der Waals surface area contributed by atoms with E-state index < -0.39 is 12.0 Å². The lowest BCUT2D eigenvalue weighted by atomic mass is 10.2. The van der Waals surface area contributed by atoms with E-state index in [0.29, 0.717) is 6.29 Å². The number of amidine groups is 1. The molecule has 0 aromatic heterocycles. The number of benzene rings is 2. The third kappa shape index (κ3) is 2.80. The number of carbonyl (C=O) groups excluding carboxylic acids is 1. The average molecular weight is 430 g/mol. The predicted molar refractivity (Wildman–Crippen MR) is 92.6 cm³/mol. The summed E-state index contributed by atoms with van der Waals surface area (Å²) >= 11 is 8.24. The number of rotatable bonds is 3. The zero-order valence-electron chi connectivity index (χ0n) is 11.1. The second-order valence-electron chi connectivity index (χ2n) is 4.59. The van der Waals surface area contributed by atoms with Crippen molar-refractivity contribution in [3.05, 3.63) is 62.4 Å². The van der Waals surface area contributed by atoms with E-state index >= 15 is 0 Å². The average Bonchev–Trinajstić information content (AvgIpc) is 2.92. The van der Waals surface area contributed by atoms with Crippen LogP contribution in [0.1, 0.15) is 5.56 Å². The van der Waals surface area contributed by atoms with Crippen LogP contribution in [-0.4, -0.2) is 18.3 Å². The Morgan fingerprint density at radius 1 is 1.27 bits per heavy atom. The summed E-state index contributed by atoms with van der Waals surface area (Å²) < 4.78 is 15.1. The van der Waals surface area contributed by atoms with Gasteiger partial charge in [-0.3, -0.25) is 4.79 Å². The van der Waals surface area contributed by atoms with E-state index in [9.17, 15) is 9.18 Å². The molecule has 112 valence electrons. The number of anilines is 1. The number of carbonyl (C=O) groups is 1. The highest BCUT2D eigenvalue weighted by molar-refractivity contribution is 14.1. The van der Waals surface area contributed by atoms with Gasteiger partial charge in [0.25, 0.3) is 0 Å². The Bertz CT molecular complexity index is 731. The summed E-state index contributed by atoms with van der Waals surface area (Å²) in [6.45, 7) is 0. The Morgan fingerprint density at radius 2 is 2.00 bits per heavy atom. The molecule has 0 saturated carbocycles. The Labute approximate surface area is 145 Å². The number of hydrogen-bond acceptors (Lipinski definition) is 4. The summed E-state index contributed by atoms with van der Waals surface area (Å²) in [6, 6.07) is 11.9. The molecule has 2 aromatic rings. The van der Waals surface area contributed by atoms with Crippen LogP contribution in [0.5, 0.6) is 0 Å². The van der Waals surface area contributed by atoms with E-state index in [-0.39, 0.29) is 16.4 Å². The van der Waals surface area contributed by atoms with Gasteiger partial charge in [-0.05, 0) is 59.0 Å². The topological polar surface area (TPSA) is 44.7 Å². The van der Waals surface area contributed by atoms with Gasteiger partial charge in [-0.25, -0.2) is 9.40 Å². The number of hydrazone groups is 1. The molecule has 1 heterocycles. The molecule has 1 unspecified atom stereocenters. The van der Waals surface area contributed by atoms with Crippen LogP contribution in [-0.2, 0) is 4.79 Å². The Kier molecular flexibility index (Phi) is 4.30. The van der Waals surface area contributed by atoms with Crippen LogP contribution < -0.4 is 10.3 Å². The molecule has 1 aliphatic rings. The smallest absolute Gasteiger partial charge is 0.178 e. The number of nitrogens with zero attached hydrogens (tertiary/aromatic N) is 2. The summed E-state index contributed by atoms with van der Waals surface area (Å²) in [6.07, 6.45) is 0.00850. The van der Waals surface area contributed by atoms with E-state index in [1.54, 1.807) is 6.07 Å². The van der Waals surface area contributed by atoms with Gasteiger partial charge in [0.1, 0.15) is 5.82 Å². The first-order valence-electron chi connectivity index (χ1n) is 6.40. The molecular weight excluding hydrogens is 420 g/mol. The van der Waals surface area contributed by atoms with E-state index in [0.717, 1.165) is 9.26 Å². The van der Waals surface area contributed by atoms with Gasteiger partial charge < -0.3 is 5.32 Å². The van der Waals surface area contributed by atoms with Crippen molar-refractivity contribution in [3.8, 4) is 0 Å². The molecule has 0 spiro atoms. The molecular formula is C15H10ClFIN3O. The molecule has 0 radical (unpaired) electrons. The maximum Gasteiger partial charge on any atom is 0.178 e. The number of hydrogen-bond donors (Lipinski definition) is 1. The molecule has 22 heavy (non-hydrogen) atoms. The largest absolute Gasteiger partial charge is 0.340 e. The minimum atomic E-state index is -0.703. The van der Waals surface area contributed by atoms with Crippen LogP contribution in [0.2, 0.25) is 5.02 Å². The fourth-order valence-corrected chi connectivity index (χ4v) is 2.76. The summed E-state index contributed by atoms with van der Waals surface area (Å²) in [5.74, 6) is -0.258. The number of aldehydes is 1. The second kappa shape index (κ2) is 6.21. The Hall–Kier alpha value is -1.67. The maximum absolute atomic E-state index is 14.0. The molecule has 1 N–H and O–H groups in total. The van der Waals surface area contributed by atoms with Crippen LogP contribution in [0.4, 0.5) is 10.1 Å². The normalized spacial score (nSPS) is 17.1. The van der Waals surface area contributed by atoms with E-state index in [1.807, 2.05) is 24.3 Å². The first kappa shape index (κ1) is 15.2. The third-order valence-corrected chi connectivity index (χ3v) is 4.21. The Morgan fingerprint density at radius 3 is 2.64 bits per heavy atom. The van der Waals surface area contributed by atoms with Gasteiger partial charge in [0.05, 0.1) is 16.3 Å². The number of nitrogens with one attached hydrogen (secondary N) is 1. The van der Waals surface area contributed by atoms with Crippen LogP contribution in [0.25, 0.3) is 0 Å². The molecule has 0 saturated heterocycles. The summed E-state index contributed by atoms with van der Waals surface area (Å²) in [7, 11) is 0. The molecule has 3 rings (SSSR count). The van der Waals surface area contributed by atoms with Gasteiger partial charge in [-0.15, -0.1) is 0 Å². The second-order valence-corrected chi connectivity index (χ2v) is 6.24. The highest BCUT2D eigenvalue weighted by Gasteiger charge is 2.29. The molecule has 2 aromatic carbocycles. The van der Waals surface area contributed by atoms with Gasteiger partial charge in [0, 0.05) is 3.57 Å². The standard InChI is InChI=1S/C15H10ClFIN3O/c16-11-2-1-3-12(17)14(11)15-19-13(8-22)21(20-15)10-6-4-9(18)5-7-10/h1-8,13H,(H,19,20). The minimum Gasteiger partial charge on any atom is -0.340 e. The van der Waals surface area contributed by atoms with Crippen LogP contribution in [0.3, 0.4) is 0 Å². The molecule has 7 heteroatoms. The quantitative estimate of drug-likeness (QED) is 0.601. The minimum absolute atomic E-state index is 0.157. The molecule has 0 bridgehead atoms. The SMILES string of the molecule is O=CC1NC(c2c(F)cccc2Cl)=NN1c1ccc(I)cc1. The third-order valence-electron chi connectivity index (χ3n) is 3.18. The molecule has 4 nitrogen and oxygen atoms in total. The highest BCUT2D eigenvalue weighted by Crippen LogP contribution is 2.25. The fourth-order valence-electron chi connectivity index (χ4n) is 2.15. The molecule has 1 aliphatic heterocycles. The fraction of sp³-hybridized carbons (Fsp3) is 0.0667.